The number of nitrogens with zero attached hydrogens (tertiary/aromatic N) is 2. The van der Waals surface area contributed by atoms with Gasteiger partial charge >= 0.3 is 0 Å². The van der Waals surface area contributed by atoms with Crippen molar-refractivity contribution in [2.24, 2.45) is 23.8 Å². The summed E-state index contributed by atoms with van der Waals surface area (Å²) in [6.45, 7) is 9.58. The Morgan fingerprint density at radius 2 is 1.81 bits per heavy atom. The third-order valence-corrected chi connectivity index (χ3v) is 10.3. The van der Waals surface area contributed by atoms with Crippen molar-refractivity contribution in [2.45, 2.75) is 96.9 Å². The predicted molar refractivity (Wildman–Crippen MR) is 148 cm³/mol. The summed E-state index contributed by atoms with van der Waals surface area (Å²) in [5, 5.41) is 15.7. The summed E-state index contributed by atoms with van der Waals surface area (Å²) in [5.74, 6) is 0.102. The second-order valence-electron chi connectivity index (χ2n) is 12.5. The van der Waals surface area contributed by atoms with Crippen LogP contribution in [0.3, 0.4) is 0 Å². The highest BCUT2D eigenvalue weighted by molar-refractivity contribution is 6.03. The Balaban J connectivity index is 1.04. The van der Waals surface area contributed by atoms with Crippen molar-refractivity contribution in [3.8, 4) is 0 Å². The number of fused-ring (bicyclic) bond motifs is 3. The average molecular weight is 508 g/mol. The van der Waals surface area contributed by atoms with E-state index in [1.807, 2.05) is 23.9 Å². The molecule has 1 aromatic heterocycles. The second-order valence-corrected chi connectivity index (χ2v) is 12.5. The molecule has 5 rings (SSSR count). The lowest BCUT2D eigenvalue weighted by Crippen LogP contribution is -2.44. The Hall–Kier alpha value is -2.41. The van der Waals surface area contributed by atoms with Crippen molar-refractivity contribution in [3.05, 3.63) is 23.9 Å². The number of amides is 2. The Bertz CT molecular complexity index is 1150. The molecule has 202 valence electrons. The summed E-state index contributed by atoms with van der Waals surface area (Å²) in [6, 6.07) is 6.84. The molecule has 2 saturated carbocycles. The lowest BCUT2D eigenvalue weighted by atomic mass is 9.69. The minimum absolute atomic E-state index is 0.195. The van der Waals surface area contributed by atoms with E-state index in [-0.39, 0.29) is 17.7 Å². The molecular formula is C30H45N5O2. The van der Waals surface area contributed by atoms with E-state index < -0.39 is 0 Å². The number of para-hydroxylation sites is 1. The molecule has 7 heteroatoms. The van der Waals surface area contributed by atoms with Crippen molar-refractivity contribution in [1.29, 1.82) is 0 Å². The number of unbranched alkanes of at least 4 members (excludes halogenated alkanes) is 4. The fraction of sp³-hybridized carbons (Fsp3) is 0.700. The van der Waals surface area contributed by atoms with Gasteiger partial charge in [0.05, 0.1) is 22.8 Å². The molecular weight excluding hydrogens is 462 g/mol. The smallest absolute Gasteiger partial charge is 0.235 e. The van der Waals surface area contributed by atoms with E-state index in [1.54, 1.807) is 0 Å². The van der Waals surface area contributed by atoms with Crippen LogP contribution in [0.2, 0.25) is 0 Å². The summed E-state index contributed by atoms with van der Waals surface area (Å²) in [5.41, 5.74) is 3.80. The van der Waals surface area contributed by atoms with Crippen LogP contribution in [0.15, 0.2) is 18.2 Å². The molecule has 7 nitrogen and oxygen atoms in total. The quantitative estimate of drug-likeness (QED) is 0.285. The molecule has 0 radical (unpaired) electrons. The normalized spacial score (nSPS) is 28.7. The number of anilines is 1. The zero-order chi connectivity index (χ0) is 26.2. The van der Waals surface area contributed by atoms with Crippen molar-refractivity contribution in [1.82, 2.24) is 20.4 Å². The van der Waals surface area contributed by atoms with Crippen LogP contribution in [0, 0.1) is 16.7 Å². The maximum absolute atomic E-state index is 12.4. The van der Waals surface area contributed by atoms with Gasteiger partial charge in [-0.2, -0.15) is 5.10 Å². The van der Waals surface area contributed by atoms with Crippen LogP contribution in [0.5, 0.6) is 0 Å². The van der Waals surface area contributed by atoms with Crippen molar-refractivity contribution in [3.63, 3.8) is 0 Å². The molecule has 2 bridgehead atoms. The first-order chi connectivity index (χ1) is 17.7. The maximum atomic E-state index is 12.4. The van der Waals surface area contributed by atoms with Gasteiger partial charge in [-0.3, -0.25) is 19.6 Å². The van der Waals surface area contributed by atoms with Gasteiger partial charge in [0.1, 0.15) is 0 Å². The van der Waals surface area contributed by atoms with Gasteiger partial charge in [0.15, 0.2) is 0 Å². The number of hydrogen-bond donors (Lipinski definition) is 3. The number of carbonyl (C=O) groups excluding carboxylic acids is 2. The van der Waals surface area contributed by atoms with Crippen molar-refractivity contribution >= 4 is 28.4 Å². The van der Waals surface area contributed by atoms with Crippen LogP contribution in [0.4, 0.5) is 5.69 Å². The maximum Gasteiger partial charge on any atom is 0.235 e. The molecule has 2 aromatic rings. The predicted octanol–water partition coefficient (Wildman–Crippen LogP) is 5.26. The third-order valence-electron chi connectivity index (χ3n) is 10.3. The van der Waals surface area contributed by atoms with Gasteiger partial charge in [0.2, 0.25) is 11.8 Å². The van der Waals surface area contributed by atoms with E-state index >= 15 is 0 Å². The fourth-order valence-electron chi connectivity index (χ4n) is 7.51. The van der Waals surface area contributed by atoms with E-state index in [1.165, 1.54) is 44.9 Å². The summed E-state index contributed by atoms with van der Waals surface area (Å²) in [4.78, 5) is 24.0. The summed E-state index contributed by atoms with van der Waals surface area (Å²) < 4.78 is 1.86. The number of aromatic nitrogens is 2. The van der Waals surface area contributed by atoms with Gasteiger partial charge in [0, 0.05) is 31.4 Å². The molecule has 2 heterocycles. The molecule has 4 atom stereocenters. The van der Waals surface area contributed by atoms with E-state index in [9.17, 15) is 9.59 Å². The number of rotatable bonds is 11. The molecule has 1 unspecified atom stereocenters. The Morgan fingerprint density at radius 1 is 1.05 bits per heavy atom. The molecule has 3 N–H and O–H groups in total. The van der Waals surface area contributed by atoms with Crippen LogP contribution in [0.1, 0.15) is 96.6 Å². The highest BCUT2D eigenvalue weighted by Crippen LogP contribution is 2.65. The number of carbonyl (C=O) groups is 2. The molecule has 1 aliphatic heterocycles. The van der Waals surface area contributed by atoms with Crippen LogP contribution in [0.25, 0.3) is 10.9 Å². The number of hydrogen-bond acceptors (Lipinski definition) is 5. The number of piperidine rings is 1. The zero-order valence-electron chi connectivity index (χ0n) is 23.2. The molecule has 2 amide bonds. The van der Waals surface area contributed by atoms with Gasteiger partial charge < -0.3 is 10.6 Å². The summed E-state index contributed by atoms with van der Waals surface area (Å²) in [7, 11) is 1.93. The highest BCUT2D eigenvalue weighted by atomic mass is 16.2. The third kappa shape index (κ3) is 4.80. The van der Waals surface area contributed by atoms with Crippen LogP contribution in [-0.2, 0) is 16.6 Å². The van der Waals surface area contributed by atoms with Gasteiger partial charge in [-0.15, -0.1) is 0 Å². The molecule has 3 aliphatic rings. The van der Waals surface area contributed by atoms with E-state index in [4.69, 9.17) is 0 Å². The molecule has 37 heavy (non-hydrogen) atoms. The van der Waals surface area contributed by atoms with Gasteiger partial charge in [-0.25, -0.2) is 0 Å². The number of aryl methyl sites for hydroxylation is 1. The van der Waals surface area contributed by atoms with Crippen LogP contribution >= 0.6 is 0 Å². The largest absolute Gasteiger partial charge is 0.383 e. The minimum atomic E-state index is -0.371. The molecule has 1 saturated heterocycles. The van der Waals surface area contributed by atoms with Crippen LogP contribution < -0.4 is 16.0 Å². The van der Waals surface area contributed by atoms with E-state index in [0.29, 0.717) is 29.7 Å². The zero-order valence-corrected chi connectivity index (χ0v) is 23.2. The first-order valence-corrected chi connectivity index (χ1v) is 14.5. The van der Waals surface area contributed by atoms with E-state index in [0.717, 1.165) is 47.7 Å². The van der Waals surface area contributed by atoms with Crippen molar-refractivity contribution < 1.29 is 9.59 Å². The number of imide groups is 1. The highest BCUT2D eigenvalue weighted by Gasteiger charge is 2.60. The summed E-state index contributed by atoms with van der Waals surface area (Å²) in [6.07, 6.45) is 11.3. The fourth-order valence-corrected chi connectivity index (χ4v) is 7.51. The Kier molecular flexibility index (Phi) is 7.36. The molecule has 3 fully saturated rings. The molecule has 2 aliphatic carbocycles. The number of nitrogens with one attached hydrogen (secondary N) is 3. The number of benzene rings is 1. The average Bonchev–Trinajstić information content (AvgIpc) is 3.38. The first-order valence-electron chi connectivity index (χ1n) is 14.5. The summed E-state index contributed by atoms with van der Waals surface area (Å²) >= 11 is 0. The Labute approximate surface area is 221 Å². The van der Waals surface area contributed by atoms with Crippen LogP contribution in [-0.4, -0.2) is 40.7 Å². The van der Waals surface area contributed by atoms with Gasteiger partial charge in [-0.05, 0) is 67.9 Å². The molecule has 1 aromatic carbocycles. The second kappa shape index (κ2) is 10.4. The van der Waals surface area contributed by atoms with E-state index in [2.05, 4.69) is 47.9 Å². The van der Waals surface area contributed by atoms with Gasteiger partial charge in [-0.1, -0.05) is 52.2 Å². The molecule has 0 spiro atoms. The van der Waals surface area contributed by atoms with Gasteiger partial charge in [0.25, 0.3) is 0 Å². The lowest BCUT2D eigenvalue weighted by Gasteiger charge is -2.39. The minimum Gasteiger partial charge on any atom is -0.383 e. The lowest BCUT2D eigenvalue weighted by molar-refractivity contribution is -0.134. The first kappa shape index (κ1) is 26.2. The monoisotopic (exact) mass is 507 g/mol. The SMILES string of the molecule is Cn1nc(C2CCC(=O)NC2=O)c2cccc(NCCCCCCCN[C@H]3C[C@H]4CC[C@]3(C)C4(C)C)c21. The Morgan fingerprint density at radius 3 is 2.51 bits per heavy atom. The topological polar surface area (TPSA) is 88.0 Å². The van der Waals surface area contributed by atoms with Crippen molar-refractivity contribution in [2.75, 3.05) is 18.4 Å². The standard InChI is InChI=1S/C30H45N5O2/c1-29(2)20-15-16-30(29,3)24(19-20)32-18-9-7-5-6-8-17-31-23-12-10-11-21-26(34-35(4)27(21)23)22-13-14-25(36)33-28(22)37/h10-12,20,22,24,31-32H,5-9,13-19H2,1-4H3,(H,33,36,37)/t20-,22?,24+,30+/m1/s1.